The first kappa shape index (κ1) is 15.8. The van der Waals surface area contributed by atoms with E-state index in [9.17, 15) is 8.78 Å². The maximum atomic E-state index is 13.8. The molecule has 0 saturated heterocycles. The monoisotopic (exact) mass is 349 g/mol. The Bertz CT molecular complexity index is 863. The Morgan fingerprint density at radius 3 is 2.48 bits per heavy atom. The SMILES string of the molecule is C=C(Nc1nc(C)c(-c2csc(C)n2)s1)c1c(F)cccc1F. The molecule has 2 aromatic heterocycles. The topological polar surface area (TPSA) is 37.8 Å². The summed E-state index contributed by atoms with van der Waals surface area (Å²) >= 11 is 2.94. The normalized spacial score (nSPS) is 10.8. The Kier molecular flexibility index (Phi) is 4.23. The molecule has 0 aliphatic heterocycles. The van der Waals surface area contributed by atoms with E-state index in [2.05, 4.69) is 21.9 Å². The number of nitrogens with zero attached hydrogens (tertiary/aromatic N) is 2. The lowest BCUT2D eigenvalue weighted by Gasteiger charge is -2.08. The number of nitrogens with one attached hydrogen (secondary N) is 1. The van der Waals surface area contributed by atoms with Crippen molar-refractivity contribution >= 4 is 33.5 Å². The van der Waals surface area contributed by atoms with E-state index in [0.717, 1.165) is 21.3 Å². The molecule has 7 heteroatoms. The van der Waals surface area contributed by atoms with Gasteiger partial charge in [0.2, 0.25) is 0 Å². The smallest absolute Gasteiger partial charge is 0.188 e. The summed E-state index contributed by atoms with van der Waals surface area (Å²) in [6, 6.07) is 3.71. The van der Waals surface area contributed by atoms with Crippen molar-refractivity contribution in [2.75, 3.05) is 5.32 Å². The third-order valence-corrected chi connectivity index (χ3v) is 5.04. The van der Waals surface area contributed by atoms with Gasteiger partial charge < -0.3 is 5.32 Å². The standard InChI is InChI=1S/C16H13F2N3S2/c1-8(14-11(17)5-4-6-12(14)18)19-16-20-9(2)15(23-16)13-7-22-10(3)21-13/h4-7H,1H2,2-3H3,(H,19,20). The molecule has 0 aliphatic carbocycles. The van der Waals surface area contributed by atoms with Gasteiger partial charge in [-0.3, -0.25) is 0 Å². The Morgan fingerprint density at radius 1 is 1.17 bits per heavy atom. The summed E-state index contributed by atoms with van der Waals surface area (Å²) in [5.74, 6) is -1.32. The molecular weight excluding hydrogens is 336 g/mol. The van der Waals surface area contributed by atoms with Gasteiger partial charge >= 0.3 is 0 Å². The highest BCUT2D eigenvalue weighted by Gasteiger charge is 2.16. The van der Waals surface area contributed by atoms with Gasteiger partial charge in [-0.05, 0) is 26.0 Å². The first-order chi connectivity index (χ1) is 11.0. The van der Waals surface area contributed by atoms with Crippen molar-refractivity contribution in [2.24, 2.45) is 0 Å². The molecule has 0 amide bonds. The minimum absolute atomic E-state index is 0.135. The fraction of sp³-hybridized carbons (Fsp3) is 0.125. The first-order valence-corrected chi connectivity index (χ1v) is 8.45. The molecule has 3 rings (SSSR count). The van der Waals surface area contributed by atoms with Gasteiger partial charge in [0.25, 0.3) is 0 Å². The largest absolute Gasteiger partial charge is 0.331 e. The molecule has 1 N–H and O–H groups in total. The maximum absolute atomic E-state index is 13.8. The number of halogens is 2. The molecule has 118 valence electrons. The fourth-order valence-electron chi connectivity index (χ4n) is 2.13. The third kappa shape index (κ3) is 3.16. The molecule has 3 nitrogen and oxygen atoms in total. The number of hydrogen-bond donors (Lipinski definition) is 1. The van der Waals surface area contributed by atoms with E-state index in [0.29, 0.717) is 5.13 Å². The van der Waals surface area contributed by atoms with Crippen LogP contribution in [0, 0.1) is 25.5 Å². The molecule has 0 unspecified atom stereocenters. The molecule has 3 aromatic rings. The summed E-state index contributed by atoms with van der Waals surface area (Å²) in [5.41, 5.74) is 1.63. The van der Waals surface area contributed by atoms with E-state index in [1.54, 1.807) is 11.3 Å². The second-order valence-electron chi connectivity index (χ2n) is 4.89. The summed E-state index contributed by atoms with van der Waals surface area (Å²) < 4.78 is 27.6. The van der Waals surface area contributed by atoms with Crippen LogP contribution in [0.1, 0.15) is 16.3 Å². The average Bonchev–Trinajstić information content (AvgIpc) is 3.04. The van der Waals surface area contributed by atoms with Crippen molar-refractivity contribution < 1.29 is 8.78 Å². The van der Waals surface area contributed by atoms with Gasteiger partial charge in [-0.1, -0.05) is 24.0 Å². The highest BCUT2D eigenvalue weighted by atomic mass is 32.1. The van der Waals surface area contributed by atoms with Gasteiger partial charge in [-0.2, -0.15) is 0 Å². The van der Waals surface area contributed by atoms with Crippen LogP contribution in [0.4, 0.5) is 13.9 Å². The van der Waals surface area contributed by atoms with Crippen LogP contribution in [0.15, 0.2) is 30.2 Å². The number of anilines is 1. The van der Waals surface area contributed by atoms with E-state index < -0.39 is 11.6 Å². The molecule has 23 heavy (non-hydrogen) atoms. The van der Waals surface area contributed by atoms with Gasteiger partial charge in [0.1, 0.15) is 11.6 Å². The Morgan fingerprint density at radius 2 is 1.87 bits per heavy atom. The molecule has 1 aromatic carbocycles. The van der Waals surface area contributed by atoms with Gasteiger partial charge in [-0.25, -0.2) is 18.7 Å². The minimum atomic E-state index is -0.661. The fourth-order valence-corrected chi connectivity index (χ4v) is 3.76. The van der Waals surface area contributed by atoms with E-state index in [-0.39, 0.29) is 11.3 Å². The Balaban J connectivity index is 1.88. The Labute approximate surface area is 140 Å². The van der Waals surface area contributed by atoms with Crippen LogP contribution >= 0.6 is 22.7 Å². The lowest BCUT2D eigenvalue weighted by molar-refractivity contribution is 0.577. The summed E-state index contributed by atoms with van der Waals surface area (Å²) in [7, 11) is 0. The van der Waals surface area contributed by atoms with Crippen LogP contribution in [0.3, 0.4) is 0 Å². The van der Waals surface area contributed by atoms with Crippen LogP contribution in [-0.4, -0.2) is 9.97 Å². The van der Waals surface area contributed by atoms with Crippen molar-refractivity contribution in [1.29, 1.82) is 0 Å². The van der Waals surface area contributed by atoms with Crippen molar-refractivity contribution in [3.05, 3.63) is 58.1 Å². The number of aromatic nitrogens is 2. The summed E-state index contributed by atoms with van der Waals surface area (Å²) in [6.45, 7) is 7.53. The predicted molar refractivity (Wildman–Crippen MR) is 91.7 cm³/mol. The zero-order chi connectivity index (χ0) is 16.6. The minimum Gasteiger partial charge on any atom is -0.331 e. The van der Waals surface area contributed by atoms with Crippen molar-refractivity contribution in [1.82, 2.24) is 9.97 Å². The van der Waals surface area contributed by atoms with E-state index in [4.69, 9.17) is 0 Å². The number of thiazole rings is 2. The lowest BCUT2D eigenvalue weighted by atomic mass is 10.1. The predicted octanol–water partition coefficient (Wildman–Crippen LogP) is 5.24. The van der Waals surface area contributed by atoms with Crippen molar-refractivity contribution in [3.63, 3.8) is 0 Å². The molecule has 0 aliphatic rings. The van der Waals surface area contributed by atoms with Crippen molar-refractivity contribution in [3.8, 4) is 10.6 Å². The zero-order valence-electron chi connectivity index (χ0n) is 12.5. The number of hydrogen-bond acceptors (Lipinski definition) is 5. The molecule has 0 atom stereocenters. The van der Waals surface area contributed by atoms with Crippen LogP contribution in [0.25, 0.3) is 16.3 Å². The quantitative estimate of drug-likeness (QED) is 0.699. The summed E-state index contributed by atoms with van der Waals surface area (Å²) in [4.78, 5) is 9.76. The summed E-state index contributed by atoms with van der Waals surface area (Å²) in [6.07, 6.45) is 0. The zero-order valence-corrected chi connectivity index (χ0v) is 14.1. The van der Waals surface area contributed by atoms with Crippen LogP contribution in [-0.2, 0) is 0 Å². The lowest BCUT2D eigenvalue weighted by Crippen LogP contribution is -2.02. The molecule has 0 bridgehead atoms. The van der Waals surface area contributed by atoms with Gasteiger partial charge in [0, 0.05) is 11.1 Å². The maximum Gasteiger partial charge on any atom is 0.188 e. The highest BCUT2D eigenvalue weighted by Crippen LogP contribution is 2.34. The van der Waals surface area contributed by atoms with Gasteiger partial charge in [0.15, 0.2) is 5.13 Å². The second-order valence-corrected chi connectivity index (χ2v) is 6.95. The van der Waals surface area contributed by atoms with E-state index >= 15 is 0 Å². The molecular formula is C16H13F2N3S2. The number of rotatable bonds is 4. The first-order valence-electron chi connectivity index (χ1n) is 6.76. The highest BCUT2D eigenvalue weighted by molar-refractivity contribution is 7.19. The van der Waals surface area contributed by atoms with Crippen LogP contribution < -0.4 is 5.32 Å². The van der Waals surface area contributed by atoms with E-state index in [1.807, 2.05) is 19.2 Å². The van der Waals surface area contributed by atoms with Crippen LogP contribution in [0.2, 0.25) is 0 Å². The van der Waals surface area contributed by atoms with Crippen LogP contribution in [0.5, 0.6) is 0 Å². The Hall–Kier alpha value is -2.12. The van der Waals surface area contributed by atoms with Gasteiger partial charge in [-0.15, -0.1) is 11.3 Å². The number of aryl methyl sites for hydroxylation is 2. The number of benzene rings is 1. The van der Waals surface area contributed by atoms with Gasteiger partial charge in [0.05, 0.1) is 26.8 Å². The van der Waals surface area contributed by atoms with Crippen molar-refractivity contribution in [2.45, 2.75) is 13.8 Å². The second kappa shape index (κ2) is 6.17. The molecule has 0 fully saturated rings. The molecule has 2 heterocycles. The average molecular weight is 349 g/mol. The third-order valence-electron chi connectivity index (χ3n) is 3.17. The summed E-state index contributed by atoms with van der Waals surface area (Å²) in [5, 5.41) is 6.35. The molecule has 0 saturated carbocycles. The molecule has 0 spiro atoms. The molecule has 0 radical (unpaired) electrons. The van der Waals surface area contributed by atoms with E-state index in [1.165, 1.54) is 29.5 Å².